The van der Waals surface area contributed by atoms with Crippen molar-refractivity contribution in [2.45, 2.75) is 24.3 Å². The SMILES string of the molecule is CSc1ccc(NC(=O)C[C@H](NC(C)=O)c2ccccc2)cc1. The molecule has 2 N–H and O–H groups in total. The molecule has 0 saturated carbocycles. The number of amides is 2. The molecule has 0 unspecified atom stereocenters. The van der Waals surface area contributed by atoms with Gasteiger partial charge < -0.3 is 10.6 Å². The maximum absolute atomic E-state index is 12.3. The molecule has 2 aromatic rings. The lowest BCUT2D eigenvalue weighted by Gasteiger charge is -2.18. The first-order chi connectivity index (χ1) is 11.1. The van der Waals surface area contributed by atoms with E-state index >= 15 is 0 Å². The van der Waals surface area contributed by atoms with E-state index in [1.54, 1.807) is 11.8 Å². The van der Waals surface area contributed by atoms with Crippen LogP contribution in [0.3, 0.4) is 0 Å². The minimum atomic E-state index is -0.334. The molecule has 0 heterocycles. The maximum Gasteiger partial charge on any atom is 0.226 e. The van der Waals surface area contributed by atoms with Crippen molar-refractivity contribution < 1.29 is 9.59 Å². The van der Waals surface area contributed by atoms with Crippen LogP contribution in [0.2, 0.25) is 0 Å². The van der Waals surface area contributed by atoms with Gasteiger partial charge in [0.1, 0.15) is 0 Å². The van der Waals surface area contributed by atoms with Gasteiger partial charge in [-0.15, -0.1) is 11.8 Å². The lowest BCUT2D eigenvalue weighted by atomic mass is 10.0. The Morgan fingerprint density at radius 2 is 1.70 bits per heavy atom. The molecule has 2 amide bonds. The zero-order valence-electron chi connectivity index (χ0n) is 13.2. The Bertz CT molecular complexity index is 656. The fraction of sp³-hybridized carbons (Fsp3) is 0.222. The molecule has 4 nitrogen and oxygen atoms in total. The Labute approximate surface area is 140 Å². The van der Waals surface area contributed by atoms with Gasteiger partial charge in [0.15, 0.2) is 0 Å². The molecule has 1 atom stereocenters. The van der Waals surface area contributed by atoms with Crippen LogP contribution in [0.15, 0.2) is 59.5 Å². The minimum absolute atomic E-state index is 0.135. The Kier molecular flexibility index (Phi) is 6.23. The van der Waals surface area contributed by atoms with Gasteiger partial charge in [-0.2, -0.15) is 0 Å². The quantitative estimate of drug-likeness (QED) is 0.796. The van der Waals surface area contributed by atoms with Crippen LogP contribution in [-0.4, -0.2) is 18.1 Å². The van der Waals surface area contributed by atoms with E-state index in [9.17, 15) is 9.59 Å². The van der Waals surface area contributed by atoms with Crippen molar-refractivity contribution in [2.75, 3.05) is 11.6 Å². The Morgan fingerprint density at radius 3 is 2.26 bits per heavy atom. The molecule has 0 aromatic heterocycles. The summed E-state index contributed by atoms with van der Waals surface area (Å²) in [4.78, 5) is 24.8. The maximum atomic E-state index is 12.3. The van der Waals surface area contributed by atoms with E-state index < -0.39 is 0 Å². The van der Waals surface area contributed by atoms with Gasteiger partial charge in [-0.3, -0.25) is 9.59 Å². The third kappa shape index (κ3) is 5.45. The number of anilines is 1. The van der Waals surface area contributed by atoms with Gasteiger partial charge in [-0.25, -0.2) is 0 Å². The van der Waals surface area contributed by atoms with Crippen molar-refractivity contribution in [2.24, 2.45) is 0 Å². The number of thioether (sulfide) groups is 1. The van der Waals surface area contributed by atoms with Crippen LogP contribution in [0.4, 0.5) is 5.69 Å². The van der Waals surface area contributed by atoms with E-state index in [4.69, 9.17) is 0 Å². The number of nitrogens with one attached hydrogen (secondary N) is 2. The average molecular weight is 328 g/mol. The lowest BCUT2D eigenvalue weighted by molar-refractivity contribution is -0.120. The first kappa shape index (κ1) is 17.1. The van der Waals surface area contributed by atoms with Crippen LogP contribution in [0, 0.1) is 0 Å². The van der Waals surface area contributed by atoms with E-state index in [2.05, 4.69) is 10.6 Å². The van der Waals surface area contributed by atoms with Crippen LogP contribution in [-0.2, 0) is 9.59 Å². The van der Waals surface area contributed by atoms with Crippen molar-refractivity contribution in [3.63, 3.8) is 0 Å². The van der Waals surface area contributed by atoms with Crippen LogP contribution in [0.1, 0.15) is 24.9 Å². The fourth-order valence-electron chi connectivity index (χ4n) is 2.25. The number of carbonyl (C=O) groups is 2. The van der Waals surface area contributed by atoms with E-state index in [0.29, 0.717) is 0 Å². The summed E-state index contributed by atoms with van der Waals surface area (Å²) < 4.78 is 0. The number of carbonyl (C=O) groups excluding carboxylic acids is 2. The smallest absolute Gasteiger partial charge is 0.226 e. The topological polar surface area (TPSA) is 58.2 Å². The largest absolute Gasteiger partial charge is 0.349 e. The van der Waals surface area contributed by atoms with E-state index in [-0.39, 0.29) is 24.3 Å². The summed E-state index contributed by atoms with van der Waals surface area (Å²) in [6.45, 7) is 1.45. The number of hydrogen-bond donors (Lipinski definition) is 2. The normalized spacial score (nSPS) is 11.6. The summed E-state index contributed by atoms with van der Waals surface area (Å²) in [6, 6.07) is 16.8. The van der Waals surface area contributed by atoms with Crippen LogP contribution in [0.25, 0.3) is 0 Å². The monoisotopic (exact) mass is 328 g/mol. The zero-order chi connectivity index (χ0) is 16.7. The minimum Gasteiger partial charge on any atom is -0.349 e. The van der Waals surface area contributed by atoms with Crippen LogP contribution < -0.4 is 10.6 Å². The van der Waals surface area contributed by atoms with Gasteiger partial charge in [-0.1, -0.05) is 30.3 Å². The summed E-state index contributed by atoms with van der Waals surface area (Å²) in [7, 11) is 0. The van der Waals surface area contributed by atoms with Gasteiger partial charge in [-0.05, 0) is 36.1 Å². The van der Waals surface area contributed by atoms with Gasteiger partial charge in [0.25, 0.3) is 0 Å². The molecule has 0 radical (unpaired) electrons. The predicted octanol–water partition coefficient (Wildman–Crippen LogP) is 3.61. The zero-order valence-corrected chi connectivity index (χ0v) is 14.0. The highest BCUT2D eigenvalue weighted by Gasteiger charge is 2.17. The Morgan fingerprint density at radius 1 is 1.04 bits per heavy atom. The third-order valence-corrected chi connectivity index (χ3v) is 4.09. The fourth-order valence-corrected chi connectivity index (χ4v) is 2.66. The highest BCUT2D eigenvalue weighted by molar-refractivity contribution is 7.98. The average Bonchev–Trinajstić information content (AvgIpc) is 2.55. The second-order valence-corrected chi connectivity index (χ2v) is 6.02. The Hall–Kier alpha value is -2.27. The molecule has 0 bridgehead atoms. The van der Waals surface area contributed by atoms with Crippen molar-refractivity contribution in [1.82, 2.24) is 5.32 Å². The molecule has 23 heavy (non-hydrogen) atoms. The van der Waals surface area contributed by atoms with Gasteiger partial charge in [0.2, 0.25) is 11.8 Å². The van der Waals surface area contributed by atoms with E-state index in [1.807, 2.05) is 60.9 Å². The molecular weight excluding hydrogens is 308 g/mol. The van der Waals surface area contributed by atoms with Crippen molar-refractivity contribution in [3.8, 4) is 0 Å². The molecule has 0 fully saturated rings. The van der Waals surface area contributed by atoms with Gasteiger partial charge >= 0.3 is 0 Å². The predicted molar refractivity (Wildman–Crippen MR) is 94.5 cm³/mol. The molecule has 0 spiro atoms. The second-order valence-electron chi connectivity index (χ2n) is 5.14. The first-order valence-electron chi connectivity index (χ1n) is 7.34. The van der Waals surface area contributed by atoms with Crippen LogP contribution in [0.5, 0.6) is 0 Å². The summed E-state index contributed by atoms with van der Waals surface area (Å²) in [5.74, 6) is -0.291. The molecule has 0 aliphatic carbocycles. The standard InChI is InChI=1S/C18H20N2O2S/c1-13(21)19-17(14-6-4-3-5-7-14)12-18(22)20-15-8-10-16(23-2)11-9-15/h3-11,17H,12H2,1-2H3,(H,19,21)(H,20,22)/t17-/m0/s1. The summed E-state index contributed by atoms with van der Waals surface area (Å²) in [5, 5.41) is 5.70. The molecule has 0 saturated heterocycles. The first-order valence-corrected chi connectivity index (χ1v) is 8.57. The summed E-state index contributed by atoms with van der Waals surface area (Å²) >= 11 is 1.65. The molecule has 0 aliphatic heterocycles. The molecule has 120 valence electrons. The lowest BCUT2D eigenvalue weighted by Crippen LogP contribution is -2.29. The second kappa shape index (κ2) is 8.39. The van der Waals surface area contributed by atoms with E-state index in [1.165, 1.54) is 6.92 Å². The number of rotatable bonds is 6. The molecule has 2 rings (SSSR count). The van der Waals surface area contributed by atoms with Crippen molar-refractivity contribution in [1.29, 1.82) is 0 Å². The highest BCUT2D eigenvalue weighted by atomic mass is 32.2. The van der Waals surface area contributed by atoms with E-state index in [0.717, 1.165) is 16.1 Å². The Balaban J connectivity index is 2.03. The molecule has 5 heteroatoms. The van der Waals surface area contributed by atoms with Crippen molar-refractivity contribution >= 4 is 29.3 Å². The van der Waals surface area contributed by atoms with Gasteiger partial charge in [0.05, 0.1) is 12.5 Å². The highest BCUT2D eigenvalue weighted by Crippen LogP contribution is 2.20. The van der Waals surface area contributed by atoms with Gasteiger partial charge in [0, 0.05) is 17.5 Å². The number of hydrogen-bond acceptors (Lipinski definition) is 3. The summed E-state index contributed by atoms with van der Waals surface area (Å²) in [5.41, 5.74) is 1.66. The van der Waals surface area contributed by atoms with Crippen molar-refractivity contribution in [3.05, 3.63) is 60.2 Å². The summed E-state index contributed by atoms with van der Waals surface area (Å²) in [6.07, 6.45) is 2.19. The van der Waals surface area contributed by atoms with Crippen LogP contribution >= 0.6 is 11.8 Å². The third-order valence-electron chi connectivity index (χ3n) is 3.34. The molecular formula is C18H20N2O2S. The number of benzene rings is 2. The molecule has 0 aliphatic rings. The molecule has 2 aromatic carbocycles.